The van der Waals surface area contributed by atoms with Gasteiger partial charge >= 0.3 is 5.97 Å². The minimum Gasteiger partial charge on any atom is -0.480 e. The number of furan rings is 1. The van der Waals surface area contributed by atoms with Crippen LogP contribution in [-0.2, 0) is 24.3 Å². The monoisotopic (exact) mass is 480 g/mol. The number of fused-ring (bicyclic) bond motifs is 2. The molecule has 0 aliphatic heterocycles. The number of nitriles is 1. The van der Waals surface area contributed by atoms with Crippen LogP contribution in [0.3, 0.4) is 0 Å². The highest BCUT2D eigenvalue weighted by atomic mass is 16.4. The second-order valence-corrected chi connectivity index (χ2v) is 8.73. The van der Waals surface area contributed by atoms with E-state index in [2.05, 4.69) is 13.0 Å². The number of pyridine rings is 1. The van der Waals surface area contributed by atoms with Crippen LogP contribution in [0.1, 0.15) is 36.7 Å². The third-order valence-corrected chi connectivity index (χ3v) is 6.24. The molecular formula is C28H24N4O4. The van der Waals surface area contributed by atoms with Crippen LogP contribution >= 0.6 is 0 Å². The van der Waals surface area contributed by atoms with Crippen molar-refractivity contribution >= 4 is 28.0 Å². The lowest BCUT2D eigenvalue weighted by Crippen LogP contribution is -2.25. The molecule has 36 heavy (non-hydrogen) atoms. The van der Waals surface area contributed by atoms with Crippen molar-refractivity contribution in [1.82, 2.24) is 14.1 Å². The summed E-state index contributed by atoms with van der Waals surface area (Å²) in [6.07, 6.45) is 4.11. The fourth-order valence-electron chi connectivity index (χ4n) is 4.49. The van der Waals surface area contributed by atoms with E-state index in [-0.39, 0.29) is 5.56 Å². The topological polar surface area (TPSA) is 114 Å². The molecule has 0 unspecified atom stereocenters. The molecule has 0 fully saturated rings. The standard InChI is InChI=1S/C28H24N4O4/c1-2-3-8-25-30-22-11-12-31(17-26(33)34)28(35)27(22)32(25)16-18-9-10-23-20(13-18)14-24(36-23)21-7-5-4-6-19(21)15-29/h4-7,9-14H,2-3,8,16-17H2,1H3,(H,33,34). The highest BCUT2D eigenvalue weighted by Crippen LogP contribution is 2.31. The van der Waals surface area contributed by atoms with Crippen LogP contribution in [0.5, 0.6) is 0 Å². The van der Waals surface area contributed by atoms with Crippen molar-refractivity contribution in [3.63, 3.8) is 0 Å². The average Bonchev–Trinajstić information content (AvgIpc) is 3.45. The number of aryl methyl sites for hydroxylation is 1. The summed E-state index contributed by atoms with van der Waals surface area (Å²) in [7, 11) is 0. The van der Waals surface area contributed by atoms with E-state index in [0.717, 1.165) is 35.2 Å². The van der Waals surface area contributed by atoms with E-state index in [1.807, 2.05) is 47.0 Å². The zero-order chi connectivity index (χ0) is 25.2. The van der Waals surface area contributed by atoms with Crippen molar-refractivity contribution in [3.05, 3.63) is 88.1 Å². The summed E-state index contributed by atoms with van der Waals surface area (Å²) >= 11 is 0. The van der Waals surface area contributed by atoms with Crippen LogP contribution in [-0.4, -0.2) is 25.2 Å². The minimum atomic E-state index is -1.08. The summed E-state index contributed by atoms with van der Waals surface area (Å²) in [5, 5.41) is 19.5. The number of nitrogens with zero attached hydrogens (tertiary/aromatic N) is 4. The quantitative estimate of drug-likeness (QED) is 0.336. The maximum absolute atomic E-state index is 13.2. The molecule has 0 saturated heterocycles. The molecule has 0 aliphatic carbocycles. The summed E-state index contributed by atoms with van der Waals surface area (Å²) in [5.41, 5.74) is 3.53. The number of aromatic nitrogens is 3. The van der Waals surface area contributed by atoms with E-state index < -0.39 is 12.5 Å². The van der Waals surface area contributed by atoms with Crippen molar-refractivity contribution in [2.45, 2.75) is 39.3 Å². The molecule has 0 amide bonds. The van der Waals surface area contributed by atoms with Gasteiger partial charge in [-0.05, 0) is 48.4 Å². The number of unbranched alkanes of at least 4 members (excludes halogenated alkanes) is 1. The Morgan fingerprint density at radius 1 is 1.17 bits per heavy atom. The van der Waals surface area contributed by atoms with Crippen LogP contribution in [0, 0.1) is 11.3 Å². The van der Waals surface area contributed by atoms with E-state index in [4.69, 9.17) is 9.40 Å². The number of benzene rings is 2. The Balaban J connectivity index is 1.58. The van der Waals surface area contributed by atoms with Crippen LogP contribution in [0.25, 0.3) is 33.3 Å². The van der Waals surface area contributed by atoms with Crippen LogP contribution in [0.4, 0.5) is 0 Å². The second kappa shape index (κ2) is 9.55. The summed E-state index contributed by atoms with van der Waals surface area (Å²) in [4.78, 5) is 29.1. The molecule has 5 rings (SSSR count). The molecule has 2 aromatic carbocycles. The van der Waals surface area contributed by atoms with Gasteiger partial charge < -0.3 is 18.7 Å². The molecule has 0 radical (unpaired) electrons. The van der Waals surface area contributed by atoms with Gasteiger partial charge in [0.25, 0.3) is 5.56 Å². The Hall–Kier alpha value is -4.64. The first-order valence-corrected chi connectivity index (χ1v) is 11.8. The zero-order valence-electron chi connectivity index (χ0n) is 19.8. The van der Waals surface area contributed by atoms with Crippen LogP contribution in [0.15, 0.2) is 70.0 Å². The zero-order valence-corrected chi connectivity index (χ0v) is 19.8. The molecule has 0 atom stereocenters. The van der Waals surface area contributed by atoms with E-state index >= 15 is 0 Å². The van der Waals surface area contributed by atoms with Gasteiger partial charge in [-0.15, -0.1) is 0 Å². The molecule has 3 heterocycles. The van der Waals surface area contributed by atoms with E-state index in [9.17, 15) is 20.0 Å². The summed E-state index contributed by atoms with van der Waals surface area (Å²) in [6.45, 7) is 2.10. The predicted molar refractivity (Wildman–Crippen MR) is 136 cm³/mol. The molecule has 3 aromatic heterocycles. The number of aliphatic carboxylic acids is 1. The molecule has 180 valence electrons. The lowest BCUT2D eigenvalue weighted by molar-refractivity contribution is -0.137. The predicted octanol–water partition coefficient (Wildman–Crippen LogP) is 4.96. The van der Waals surface area contributed by atoms with Crippen molar-refractivity contribution < 1.29 is 14.3 Å². The van der Waals surface area contributed by atoms with E-state index in [1.165, 1.54) is 10.8 Å². The minimum absolute atomic E-state index is 0.370. The summed E-state index contributed by atoms with van der Waals surface area (Å²) in [5.74, 6) is 0.341. The van der Waals surface area contributed by atoms with Gasteiger partial charge in [-0.25, -0.2) is 4.98 Å². The first kappa shape index (κ1) is 23.1. The molecule has 1 N–H and O–H groups in total. The molecule has 8 heteroatoms. The highest BCUT2D eigenvalue weighted by Gasteiger charge is 2.17. The Bertz CT molecular complexity index is 1700. The van der Waals surface area contributed by atoms with Gasteiger partial charge in [0, 0.05) is 30.1 Å². The van der Waals surface area contributed by atoms with Crippen LogP contribution < -0.4 is 5.56 Å². The number of hydrogen-bond donors (Lipinski definition) is 1. The van der Waals surface area contributed by atoms with Crippen molar-refractivity contribution in [1.29, 1.82) is 5.26 Å². The van der Waals surface area contributed by atoms with Crippen molar-refractivity contribution in [3.8, 4) is 17.4 Å². The van der Waals surface area contributed by atoms with Gasteiger partial charge in [-0.1, -0.05) is 31.5 Å². The number of carbonyl (C=O) groups is 1. The maximum Gasteiger partial charge on any atom is 0.323 e. The van der Waals surface area contributed by atoms with Gasteiger partial charge in [-0.2, -0.15) is 5.26 Å². The van der Waals surface area contributed by atoms with Gasteiger partial charge in [0.1, 0.15) is 29.2 Å². The number of imidazole rings is 1. The maximum atomic E-state index is 13.2. The van der Waals surface area contributed by atoms with Gasteiger partial charge in [-0.3, -0.25) is 9.59 Å². The SMILES string of the molecule is CCCCc1nc2ccn(CC(=O)O)c(=O)c2n1Cc1ccc2oc(-c3ccccc3C#N)cc2c1. The lowest BCUT2D eigenvalue weighted by Gasteiger charge is -2.10. The molecular weight excluding hydrogens is 456 g/mol. The normalized spacial score (nSPS) is 11.2. The molecule has 0 bridgehead atoms. The lowest BCUT2D eigenvalue weighted by atomic mass is 10.1. The van der Waals surface area contributed by atoms with E-state index in [1.54, 1.807) is 12.1 Å². The van der Waals surface area contributed by atoms with Crippen molar-refractivity contribution in [2.24, 2.45) is 0 Å². The largest absolute Gasteiger partial charge is 0.480 e. The Kier molecular flexibility index (Phi) is 6.13. The fraction of sp³-hybridized carbons (Fsp3) is 0.214. The third-order valence-electron chi connectivity index (χ3n) is 6.24. The summed E-state index contributed by atoms with van der Waals surface area (Å²) in [6, 6.07) is 19.0. The highest BCUT2D eigenvalue weighted by molar-refractivity contribution is 5.84. The Morgan fingerprint density at radius 3 is 2.78 bits per heavy atom. The second-order valence-electron chi connectivity index (χ2n) is 8.73. The fourth-order valence-corrected chi connectivity index (χ4v) is 4.49. The molecule has 8 nitrogen and oxygen atoms in total. The number of rotatable bonds is 8. The first-order valence-electron chi connectivity index (χ1n) is 11.8. The first-order chi connectivity index (χ1) is 17.5. The van der Waals surface area contributed by atoms with Crippen molar-refractivity contribution in [2.75, 3.05) is 0 Å². The van der Waals surface area contributed by atoms with Crippen LogP contribution in [0.2, 0.25) is 0 Å². The summed E-state index contributed by atoms with van der Waals surface area (Å²) < 4.78 is 9.13. The van der Waals surface area contributed by atoms with Gasteiger partial charge in [0.05, 0.1) is 17.1 Å². The molecule has 0 spiro atoms. The smallest absolute Gasteiger partial charge is 0.323 e. The molecule has 0 aliphatic rings. The Labute approximate surface area is 206 Å². The van der Waals surface area contributed by atoms with Gasteiger partial charge in [0.15, 0.2) is 0 Å². The average molecular weight is 481 g/mol. The number of carboxylic acid groups (broad SMARTS) is 1. The van der Waals surface area contributed by atoms with E-state index in [0.29, 0.717) is 40.9 Å². The number of hydrogen-bond acceptors (Lipinski definition) is 5. The Morgan fingerprint density at radius 2 is 2.00 bits per heavy atom. The van der Waals surface area contributed by atoms with Gasteiger partial charge in [0.2, 0.25) is 0 Å². The number of carboxylic acids is 1. The molecule has 0 saturated carbocycles. The third kappa shape index (κ3) is 4.27. The molecule has 5 aromatic rings.